The summed E-state index contributed by atoms with van der Waals surface area (Å²) in [6, 6.07) is 0.00110. The second-order valence-electron chi connectivity index (χ2n) is 12.1. The first-order chi connectivity index (χ1) is 19.3. The molecule has 10 nitrogen and oxygen atoms in total. The number of nitrogens with zero attached hydrogens (tertiary/aromatic N) is 4. The van der Waals surface area contributed by atoms with E-state index in [0.29, 0.717) is 42.8 Å². The fourth-order valence-corrected chi connectivity index (χ4v) is 6.27. The highest BCUT2D eigenvalue weighted by atomic mass is 19.4. The number of rotatable bonds is 7. The minimum atomic E-state index is -4.25. The number of carbonyl (C=O) groups is 2. The molecule has 2 aromatic heterocycles. The van der Waals surface area contributed by atoms with Gasteiger partial charge in [0.2, 0.25) is 11.5 Å². The molecule has 0 aromatic carbocycles. The van der Waals surface area contributed by atoms with Crippen LogP contribution in [0.15, 0.2) is 10.9 Å². The SMILES string of the molecule is Cc1[nH]n2c(=O)c(C(=O)NC3CC3)c(O)[n+](CC(C)C)c2c1/C=C/C(=O)N1CCCC12CCN(CC(F)(F)F)CC2. The summed E-state index contributed by atoms with van der Waals surface area (Å²) >= 11 is 0. The Morgan fingerprint density at radius 3 is 2.49 bits per heavy atom. The number of carbonyl (C=O) groups excluding carboxylic acids is 2. The molecule has 5 rings (SSSR count). The van der Waals surface area contributed by atoms with E-state index in [-0.39, 0.29) is 36.5 Å². The number of likely N-dealkylation sites (tertiary alicyclic amines) is 2. The summed E-state index contributed by atoms with van der Waals surface area (Å²) in [4.78, 5) is 42.9. The van der Waals surface area contributed by atoms with Gasteiger partial charge in [0.1, 0.15) is 0 Å². The van der Waals surface area contributed by atoms with Crippen LogP contribution in [0, 0.1) is 12.8 Å². The van der Waals surface area contributed by atoms with Gasteiger partial charge in [0.05, 0.1) is 24.3 Å². The fourth-order valence-electron chi connectivity index (χ4n) is 6.27. The molecular formula is C28H38F3N6O4+. The van der Waals surface area contributed by atoms with Gasteiger partial charge in [-0.15, -0.1) is 0 Å². The number of halogens is 3. The van der Waals surface area contributed by atoms with Crippen molar-refractivity contribution < 1.29 is 32.4 Å². The van der Waals surface area contributed by atoms with Gasteiger partial charge in [-0.05, 0) is 57.4 Å². The molecule has 13 heteroatoms. The van der Waals surface area contributed by atoms with Crippen molar-refractivity contribution in [1.29, 1.82) is 0 Å². The van der Waals surface area contributed by atoms with Crippen LogP contribution in [0.1, 0.15) is 74.0 Å². The standard InChI is InChI=1S/C28H37F3N6O4/c1-17(2)15-35-24-20(18(3)33-37(24)26(41)22(25(35)40)23(39)32-19-5-6-19)7-8-21(38)36-12-4-9-27(36)10-13-34(14-11-27)16-28(29,30)31/h7-8,17,19H,4-6,9-16H2,1-3H3,(H2,32,39,40,41)/p+1/b8-7+. The van der Waals surface area contributed by atoms with Crippen molar-refractivity contribution in [3.8, 4) is 5.88 Å². The normalized spacial score (nSPS) is 19.7. The molecule has 0 atom stereocenters. The van der Waals surface area contributed by atoms with Crippen molar-refractivity contribution in [3.63, 3.8) is 0 Å². The summed E-state index contributed by atoms with van der Waals surface area (Å²) in [5.74, 6) is -1.23. The molecule has 3 N–H and O–H groups in total. The Balaban J connectivity index is 1.45. The third-order valence-electron chi connectivity index (χ3n) is 8.42. The third-order valence-corrected chi connectivity index (χ3v) is 8.42. The Morgan fingerprint density at radius 1 is 1.20 bits per heavy atom. The quantitative estimate of drug-likeness (QED) is 0.345. The lowest BCUT2D eigenvalue weighted by molar-refractivity contribution is -0.686. The summed E-state index contributed by atoms with van der Waals surface area (Å²) < 4.78 is 41.4. The molecule has 41 heavy (non-hydrogen) atoms. The minimum Gasteiger partial charge on any atom is -0.477 e. The zero-order valence-corrected chi connectivity index (χ0v) is 23.7. The summed E-state index contributed by atoms with van der Waals surface area (Å²) in [6.07, 6.45) is 2.95. The molecule has 2 saturated heterocycles. The number of aromatic amines is 1. The summed E-state index contributed by atoms with van der Waals surface area (Å²) in [6.45, 7) is 6.10. The molecule has 0 unspecified atom stereocenters. The number of amides is 2. The van der Waals surface area contributed by atoms with E-state index in [1.54, 1.807) is 17.9 Å². The molecule has 224 valence electrons. The van der Waals surface area contributed by atoms with Crippen LogP contribution in [0.2, 0.25) is 0 Å². The molecule has 1 aliphatic carbocycles. The molecule has 2 amide bonds. The minimum absolute atomic E-state index is 0.00110. The number of aromatic hydroxyl groups is 1. The summed E-state index contributed by atoms with van der Waals surface area (Å²) in [7, 11) is 0. The van der Waals surface area contributed by atoms with Gasteiger partial charge in [-0.1, -0.05) is 18.4 Å². The smallest absolute Gasteiger partial charge is 0.401 e. The van der Waals surface area contributed by atoms with E-state index in [1.165, 1.54) is 20.1 Å². The lowest BCUT2D eigenvalue weighted by Crippen LogP contribution is -2.54. The fraction of sp³-hybridized carbons (Fsp3) is 0.643. The Bertz CT molecular complexity index is 1430. The van der Waals surface area contributed by atoms with Crippen molar-refractivity contribution >= 4 is 23.5 Å². The van der Waals surface area contributed by atoms with Gasteiger partial charge in [-0.3, -0.25) is 14.5 Å². The van der Waals surface area contributed by atoms with Crippen molar-refractivity contribution in [3.05, 3.63) is 33.3 Å². The zero-order chi connectivity index (χ0) is 29.7. The molecule has 1 saturated carbocycles. The summed E-state index contributed by atoms with van der Waals surface area (Å²) in [5.41, 5.74) is -0.0573. The molecule has 4 heterocycles. The molecule has 0 radical (unpaired) electrons. The topological polar surface area (TPSA) is 114 Å². The summed E-state index contributed by atoms with van der Waals surface area (Å²) in [5, 5.41) is 16.9. The molecule has 2 aliphatic heterocycles. The molecule has 0 bridgehead atoms. The predicted molar refractivity (Wildman–Crippen MR) is 144 cm³/mol. The zero-order valence-electron chi connectivity index (χ0n) is 23.7. The van der Waals surface area contributed by atoms with E-state index in [0.717, 1.165) is 25.7 Å². The highest BCUT2D eigenvalue weighted by Crippen LogP contribution is 2.39. The Labute approximate surface area is 235 Å². The van der Waals surface area contributed by atoms with Gasteiger partial charge < -0.3 is 15.3 Å². The highest BCUT2D eigenvalue weighted by Gasteiger charge is 2.46. The van der Waals surface area contributed by atoms with E-state index in [9.17, 15) is 32.7 Å². The number of aromatic nitrogens is 3. The highest BCUT2D eigenvalue weighted by molar-refractivity contribution is 5.96. The van der Waals surface area contributed by atoms with Crippen LogP contribution in [0.25, 0.3) is 11.7 Å². The maximum absolute atomic E-state index is 13.5. The largest absolute Gasteiger partial charge is 0.477 e. The number of H-pyrrole nitrogens is 1. The van der Waals surface area contributed by atoms with Crippen LogP contribution in [-0.2, 0) is 11.3 Å². The number of piperidine rings is 1. The number of hydrogen-bond donors (Lipinski definition) is 3. The van der Waals surface area contributed by atoms with Crippen LogP contribution in [0.3, 0.4) is 0 Å². The monoisotopic (exact) mass is 579 g/mol. The Kier molecular flexibility index (Phi) is 7.68. The number of nitrogens with one attached hydrogen (secondary N) is 2. The van der Waals surface area contributed by atoms with Crippen molar-refractivity contribution in [2.24, 2.45) is 5.92 Å². The number of fused-ring (bicyclic) bond motifs is 1. The van der Waals surface area contributed by atoms with Gasteiger partial charge in [0.15, 0.2) is 0 Å². The average molecular weight is 580 g/mol. The number of hydrogen-bond acceptors (Lipinski definition) is 5. The second-order valence-corrected chi connectivity index (χ2v) is 12.1. The van der Waals surface area contributed by atoms with E-state index in [4.69, 9.17) is 0 Å². The average Bonchev–Trinajstić information content (AvgIpc) is 3.50. The van der Waals surface area contributed by atoms with Crippen LogP contribution in [-0.4, -0.2) is 80.3 Å². The van der Waals surface area contributed by atoms with Crippen molar-refractivity contribution in [2.45, 2.75) is 83.6 Å². The number of aryl methyl sites for hydroxylation is 1. The van der Waals surface area contributed by atoms with E-state index >= 15 is 0 Å². The van der Waals surface area contributed by atoms with Crippen LogP contribution in [0.5, 0.6) is 5.88 Å². The van der Waals surface area contributed by atoms with Crippen molar-refractivity contribution in [2.75, 3.05) is 26.2 Å². The Morgan fingerprint density at radius 2 is 1.88 bits per heavy atom. The van der Waals surface area contributed by atoms with E-state index < -0.39 is 35.6 Å². The maximum Gasteiger partial charge on any atom is 0.401 e. The number of alkyl halides is 3. The van der Waals surface area contributed by atoms with Crippen LogP contribution < -0.4 is 15.4 Å². The van der Waals surface area contributed by atoms with Crippen LogP contribution in [0.4, 0.5) is 13.2 Å². The lowest BCUT2D eigenvalue weighted by atomic mass is 9.85. The third kappa shape index (κ3) is 5.86. The lowest BCUT2D eigenvalue weighted by Gasteiger charge is -2.44. The first-order valence-electron chi connectivity index (χ1n) is 14.3. The van der Waals surface area contributed by atoms with E-state index in [2.05, 4.69) is 10.4 Å². The maximum atomic E-state index is 13.5. The van der Waals surface area contributed by atoms with Gasteiger partial charge >= 0.3 is 23.3 Å². The molecule has 3 fully saturated rings. The molecular weight excluding hydrogens is 541 g/mol. The Hall–Kier alpha value is -3.35. The van der Waals surface area contributed by atoms with Crippen LogP contribution >= 0.6 is 0 Å². The molecule has 2 aromatic rings. The second kappa shape index (κ2) is 10.8. The molecule has 1 spiro atoms. The first-order valence-corrected chi connectivity index (χ1v) is 14.3. The van der Waals surface area contributed by atoms with Gasteiger partial charge in [-0.25, -0.2) is 9.89 Å². The molecule has 3 aliphatic rings. The predicted octanol–water partition coefficient (Wildman–Crippen LogP) is 2.51. The van der Waals surface area contributed by atoms with Gasteiger partial charge in [0.25, 0.3) is 5.91 Å². The van der Waals surface area contributed by atoms with E-state index in [1.807, 2.05) is 13.8 Å². The van der Waals surface area contributed by atoms with Gasteiger partial charge in [-0.2, -0.15) is 17.7 Å². The van der Waals surface area contributed by atoms with Gasteiger partial charge in [0, 0.05) is 37.3 Å². The van der Waals surface area contributed by atoms with Crippen molar-refractivity contribution in [1.82, 2.24) is 24.7 Å². The first kappa shape index (κ1) is 29.2.